The van der Waals surface area contributed by atoms with E-state index in [0.29, 0.717) is 28.5 Å². The van der Waals surface area contributed by atoms with E-state index in [1.54, 1.807) is 30.3 Å². The second-order valence-electron chi connectivity index (χ2n) is 8.31. The van der Waals surface area contributed by atoms with Crippen LogP contribution in [0.3, 0.4) is 0 Å². The van der Waals surface area contributed by atoms with E-state index in [2.05, 4.69) is 0 Å². The molecule has 0 spiro atoms. The van der Waals surface area contributed by atoms with E-state index in [-0.39, 0.29) is 17.1 Å². The highest BCUT2D eigenvalue weighted by Gasteiger charge is 2.35. The van der Waals surface area contributed by atoms with Crippen molar-refractivity contribution >= 4 is 57.0 Å². The Balaban J connectivity index is 1.44. The number of hydrogen-bond donors (Lipinski definition) is 0. The Kier molecular flexibility index (Phi) is 6.94. The van der Waals surface area contributed by atoms with Crippen molar-refractivity contribution in [3.05, 3.63) is 122 Å². The number of benzene rings is 4. The standard InChI is InChI=1S/C28H19ClN2O5S/c29-21-10-5-19(6-11-21)17-36-25-14-9-20-3-1-2-4-23(20)24(25)15-26-27(32)30(28(33)37-26)16-18-7-12-22(13-8-18)31(34)35/h1-15H,16-17H2/b26-15+. The average molecular weight is 531 g/mol. The van der Waals surface area contributed by atoms with E-state index in [1.165, 1.54) is 12.1 Å². The molecule has 9 heteroatoms. The molecular weight excluding hydrogens is 512 g/mol. The maximum atomic E-state index is 13.2. The summed E-state index contributed by atoms with van der Waals surface area (Å²) < 4.78 is 6.13. The maximum Gasteiger partial charge on any atom is 0.293 e. The van der Waals surface area contributed by atoms with Crippen LogP contribution in [0.2, 0.25) is 5.02 Å². The van der Waals surface area contributed by atoms with Crippen LogP contribution in [0.15, 0.2) is 89.8 Å². The number of fused-ring (bicyclic) bond motifs is 1. The summed E-state index contributed by atoms with van der Waals surface area (Å²) in [6, 6.07) is 24.7. The van der Waals surface area contributed by atoms with Gasteiger partial charge < -0.3 is 4.74 Å². The number of amides is 2. The zero-order valence-electron chi connectivity index (χ0n) is 19.3. The van der Waals surface area contributed by atoms with Crippen LogP contribution in [-0.2, 0) is 17.9 Å². The third kappa shape index (κ3) is 5.35. The lowest BCUT2D eigenvalue weighted by molar-refractivity contribution is -0.384. The number of thioether (sulfide) groups is 1. The molecule has 0 aromatic heterocycles. The Hall–Kier alpha value is -4.14. The van der Waals surface area contributed by atoms with Gasteiger partial charge in [-0.3, -0.25) is 24.6 Å². The fourth-order valence-corrected chi connectivity index (χ4v) is 4.91. The van der Waals surface area contributed by atoms with Crippen LogP contribution < -0.4 is 4.74 Å². The third-order valence-electron chi connectivity index (χ3n) is 5.88. The third-order valence-corrected chi connectivity index (χ3v) is 7.03. The van der Waals surface area contributed by atoms with Crippen LogP contribution in [-0.4, -0.2) is 21.0 Å². The number of nitro benzene ring substituents is 1. The molecule has 0 unspecified atom stereocenters. The summed E-state index contributed by atoms with van der Waals surface area (Å²) in [4.78, 5) is 37.8. The fourth-order valence-electron chi connectivity index (χ4n) is 3.97. The Morgan fingerprint density at radius 3 is 2.35 bits per heavy atom. The van der Waals surface area contributed by atoms with Crippen molar-refractivity contribution in [2.45, 2.75) is 13.2 Å². The van der Waals surface area contributed by atoms with E-state index in [4.69, 9.17) is 16.3 Å². The number of nitrogens with zero attached hydrogens (tertiary/aromatic N) is 2. The van der Waals surface area contributed by atoms with Gasteiger partial charge in [0.25, 0.3) is 16.8 Å². The molecular formula is C28H19ClN2O5S. The number of rotatable bonds is 7. The summed E-state index contributed by atoms with van der Waals surface area (Å²) in [7, 11) is 0. The van der Waals surface area contributed by atoms with Gasteiger partial charge in [0.2, 0.25) is 0 Å². The van der Waals surface area contributed by atoms with Crippen LogP contribution in [0, 0.1) is 10.1 Å². The lowest BCUT2D eigenvalue weighted by Crippen LogP contribution is -2.27. The van der Waals surface area contributed by atoms with Crippen molar-refractivity contribution in [2.75, 3.05) is 0 Å². The average Bonchev–Trinajstić information content (AvgIpc) is 3.16. The Labute approximate surface area is 221 Å². The van der Waals surface area contributed by atoms with Gasteiger partial charge in [0, 0.05) is 22.7 Å². The van der Waals surface area contributed by atoms with Crippen molar-refractivity contribution in [1.82, 2.24) is 4.90 Å². The van der Waals surface area contributed by atoms with E-state index in [1.807, 2.05) is 48.5 Å². The molecule has 7 nitrogen and oxygen atoms in total. The molecule has 0 saturated carbocycles. The van der Waals surface area contributed by atoms with E-state index >= 15 is 0 Å². The molecule has 0 aliphatic carbocycles. The van der Waals surface area contributed by atoms with Crippen molar-refractivity contribution in [3.8, 4) is 5.75 Å². The Bertz CT molecular complexity index is 1550. The zero-order valence-corrected chi connectivity index (χ0v) is 20.9. The quantitative estimate of drug-likeness (QED) is 0.142. The molecule has 4 aromatic carbocycles. The van der Waals surface area contributed by atoms with Crippen LogP contribution in [0.1, 0.15) is 16.7 Å². The first-order valence-electron chi connectivity index (χ1n) is 11.3. The van der Waals surface area contributed by atoms with Crippen LogP contribution in [0.25, 0.3) is 16.8 Å². The largest absolute Gasteiger partial charge is 0.488 e. The molecule has 1 heterocycles. The highest BCUT2D eigenvalue weighted by Crippen LogP contribution is 2.37. The molecule has 4 aromatic rings. The molecule has 0 N–H and O–H groups in total. The molecule has 2 amide bonds. The van der Waals surface area contributed by atoms with Gasteiger partial charge in [-0.15, -0.1) is 0 Å². The Morgan fingerprint density at radius 1 is 0.919 bits per heavy atom. The second-order valence-corrected chi connectivity index (χ2v) is 9.73. The number of nitro groups is 1. The fraction of sp³-hybridized carbons (Fsp3) is 0.0714. The minimum Gasteiger partial charge on any atom is -0.488 e. The van der Waals surface area contributed by atoms with E-state index in [9.17, 15) is 19.7 Å². The topological polar surface area (TPSA) is 89.8 Å². The highest BCUT2D eigenvalue weighted by molar-refractivity contribution is 8.18. The van der Waals surface area contributed by atoms with Crippen molar-refractivity contribution < 1.29 is 19.2 Å². The summed E-state index contributed by atoms with van der Waals surface area (Å²) in [5.41, 5.74) is 2.20. The molecule has 184 valence electrons. The molecule has 0 radical (unpaired) electrons. The Morgan fingerprint density at radius 2 is 1.62 bits per heavy atom. The first-order valence-corrected chi connectivity index (χ1v) is 12.5. The van der Waals surface area contributed by atoms with Crippen molar-refractivity contribution in [2.24, 2.45) is 0 Å². The first-order chi connectivity index (χ1) is 17.9. The van der Waals surface area contributed by atoms with Gasteiger partial charge in [0.05, 0.1) is 16.4 Å². The molecule has 1 fully saturated rings. The lowest BCUT2D eigenvalue weighted by atomic mass is 10.0. The van der Waals surface area contributed by atoms with Gasteiger partial charge in [-0.05, 0) is 57.9 Å². The maximum absolute atomic E-state index is 13.2. The predicted octanol–water partition coefficient (Wildman–Crippen LogP) is 7.22. The van der Waals surface area contributed by atoms with E-state index in [0.717, 1.165) is 33.0 Å². The van der Waals surface area contributed by atoms with Gasteiger partial charge in [-0.1, -0.05) is 66.2 Å². The summed E-state index contributed by atoms with van der Waals surface area (Å²) in [6.45, 7) is 0.327. The molecule has 5 rings (SSSR count). The molecule has 1 aliphatic rings. The highest BCUT2D eigenvalue weighted by atomic mass is 35.5. The smallest absolute Gasteiger partial charge is 0.293 e. The monoisotopic (exact) mass is 530 g/mol. The number of hydrogen-bond acceptors (Lipinski definition) is 6. The van der Waals surface area contributed by atoms with Crippen molar-refractivity contribution in [1.29, 1.82) is 0 Å². The molecule has 1 saturated heterocycles. The lowest BCUT2D eigenvalue weighted by Gasteiger charge is -2.13. The van der Waals surface area contributed by atoms with Crippen LogP contribution in [0.5, 0.6) is 5.75 Å². The van der Waals surface area contributed by atoms with Crippen LogP contribution >= 0.6 is 23.4 Å². The number of non-ortho nitro benzene ring substituents is 1. The zero-order chi connectivity index (χ0) is 25.9. The van der Waals surface area contributed by atoms with Crippen LogP contribution in [0.4, 0.5) is 10.5 Å². The minimum atomic E-state index is -0.497. The molecule has 0 atom stereocenters. The summed E-state index contributed by atoms with van der Waals surface area (Å²) in [6.07, 6.45) is 1.69. The van der Waals surface area contributed by atoms with Gasteiger partial charge in [0.15, 0.2) is 0 Å². The summed E-state index contributed by atoms with van der Waals surface area (Å²) in [5, 5.41) is 13.0. The van der Waals surface area contributed by atoms with Gasteiger partial charge >= 0.3 is 0 Å². The predicted molar refractivity (Wildman–Crippen MR) is 144 cm³/mol. The number of carbonyl (C=O) groups excluding carboxylic acids is 2. The summed E-state index contributed by atoms with van der Waals surface area (Å²) in [5.74, 6) is 0.153. The number of ether oxygens (including phenoxy) is 1. The SMILES string of the molecule is O=C1S/C(=C/c2c(OCc3ccc(Cl)cc3)ccc3ccccc23)C(=O)N1Cc1ccc([N+](=O)[O-])cc1. The number of imide groups is 1. The summed E-state index contributed by atoms with van der Waals surface area (Å²) >= 11 is 6.84. The molecule has 0 bridgehead atoms. The molecule has 1 aliphatic heterocycles. The van der Waals surface area contributed by atoms with E-state index < -0.39 is 16.1 Å². The van der Waals surface area contributed by atoms with Gasteiger partial charge in [-0.25, -0.2) is 0 Å². The van der Waals surface area contributed by atoms with Gasteiger partial charge in [0.1, 0.15) is 12.4 Å². The van der Waals surface area contributed by atoms with Gasteiger partial charge in [-0.2, -0.15) is 0 Å². The minimum absolute atomic E-state index is 0.0233. The normalized spacial score (nSPS) is 14.5. The van der Waals surface area contributed by atoms with Crippen molar-refractivity contribution in [3.63, 3.8) is 0 Å². The number of halogens is 1. The first kappa shape index (κ1) is 24.5. The number of carbonyl (C=O) groups is 2. The molecule has 37 heavy (non-hydrogen) atoms. The second kappa shape index (κ2) is 10.5.